The maximum atomic E-state index is 11.9. The number of rotatable bonds is 7. The number of amides is 2. The molecule has 0 fully saturated rings. The third-order valence-corrected chi connectivity index (χ3v) is 3.70. The summed E-state index contributed by atoms with van der Waals surface area (Å²) in [5.41, 5.74) is 3.04. The minimum atomic E-state index is -0.133. The number of carbonyl (C=O) groups is 2. The Morgan fingerprint density at radius 2 is 1.62 bits per heavy atom. The molecule has 0 bridgehead atoms. The zero-order valence-electron chi connectivity index (χ0n) is 14.9. The molecule has 0 spiro atoms. The fourth-order valence-corrected chi connectivity index (χ4v) is 2.10. The van der Waals surface area contributed by atoms with Crippen LogP contribution in [0.15, 0.2) is 48.5 Å². The Labute approximate surface area is 153 Å². The van der Waals surface area contributed by atoms with Gasteiger partial charge in [-0.25, -0.2) is 0 Å². The van der Waals surface area contributed by atoms with Gasteiger partial charge in [-0.1, -0.05) is 26.0 Å². The van der Waals surface area contributed by atoms with Gasteiger partial charge in [0.1, 0.15) is 0 Å². The third kappa shape index (κ3) is 5.95. The van der Waals surface area contributed by atoms with Crippen LogP contribution in [0.1, 0.15) is 25.0 Å². The first-order chi connectivity index (χ1) is 12.5. The SMILES string of the molecule is CC(C)C(=O)Nc1ccc(CNC(=O)CNc2ccc(C#N)cc2)cc1. The lowest BCUT2D eigenvalue weighted by molar-refractivity contribution is -0.120. The predicted octanol–water partition coefficient (Wildman–Crippen LogP) is 2.88. The van der Waals surface area contributed by atoms with E-state index in [1.807, 2.05) is 44.2 Å². The molecule has 134 valence electrons. The van der Waals surface area contributed by atoms with Crippen LogP contribution >= 0.6 is 0 Å². The van der Waals surface area contributed by atoms with Gasteiger partial charge in [0.2, 0.25) is 11.8 Å². The second-order valence-electron chi connectivity index (χ2n) is 6.16. The van der Waals surface area contributed by atoms with E-state index in [1.165, 1.54) is 0 Å². The van der Waals surface area contributed by atoms with Crippen molar-refractivity contribution >= 4 is 23.2 Å². The minimum absolute atomic E-state index is 0.0278. The van der Waals surface area contributed by atoms with E-state index < -0.39 is 0 Å². The molecule has 0 aliphatic rings. The Morgan fingerprint density at radius 1 is 1.00 bits per heavy atom. The van der Waals surface area contributed by atoms with E-state index in [1.54, 1.807) is 24.3 Å². The molecular formula is C20H22N4O2. The number of anilines is 2. The monoisotopic (exact) mass is 350 g/mol. The van der Waals surface area contributed by atoms with Crippen molar-refractivity contribution in [2.75, 3.05) is 17.2 Å². The highest BCUT2D eigenvalue weighted by atomic mass is 16.2. The number of nitrogens with one attached hydrogen (secondary N) is 3. The van der Waals surface area contributed by atoms with Crippen LogP contribution in [0.3, 0.4) is 0 Å². The van der Waals surface area contributed by atoms with Crippen molar-refractivity contribution < 1.29 is 9.59 Å². The van der Waals surface area contributed by atoms with E-state index >= 15 is 0 Å². The van der Waals surface area contributed by atoms with Crippen molar-refractivity contribution in [3.8, 4) is 6.07 Å². The van der Waals surface area contributed by atoms with Crippen LogP contribution in [-0.4, -0.2) is 18.4 Å². The molecule has 3 N–H and O–H groups in total. The third-order valence-electron chi connectivity index (χ3n) is 3.70. The smallest absolute Gasteiger partial charge is 0.239 e. The molecule has 2 rings (SSSR count). The maximum absolute atomic E-state index is 11.9. The van der Waals surface area contributed by atoms with E-state index in [0.717, 1.165) is 16.9 Å². The molecule has 0 radical (unpaired) electrons. The molecule has 0 atom stereocenters. The van der Waals surface area contributed by atoms with Gasteiger partial charge in [-0.05, 0) is 42.0 Å². The van der Waals surface area contributed by atoms with Crippen molar-refractivity contribution in [1.29, 1.82) is 5.26 Å². The molecule has 26 heavy (non-hydrogen) atoms. The summed E-state index contributed by atoms with van der Waals surface area (Å²) in [6.45, 7) is 4.23. The average molecular weight is 350 g/mol. The lowest BCUT2D eigenvalue weighted by Gasteiger charge is -2.10. The number of carbonyl (C=O) groups excluding carboxylic acids is 2. The van der Waals surface area contributed by atoms with E-state index in [0.29, 0.717) is 12.1 Å². The Kier molecular flexibility index (Phi) is 6.75. The standard InChI is InChI=1S/C20H22N4O2/c1-14(2)20(26)24-18-9-5-16(6-10-18)12-23-19(25)13-22-17-7-3-15(11-21)4-8-17/h3-10,14,22H,12-13H2,1-2H3,(H,23,25)(H,24,26). The van der Waals surface area contributed by atoms with E-state index in [9.17, 15) is 9.59 Å². The number of nitriles is 1. The Bertz CT molecular complexity index is 790. The van der Waals surface area contributed by atoms with E-state index in [-0.39, 0.29) is 24.3 Å². The highest BCUT2D eigenvalue weighted by Gasteiger charge is 2.07. The summed E-state index contributed by atoms with van der Waals surface area (Å²) in [5, 5.41) is 17.4. The summed E-state index contributed by atoms with van der Waals surface area (Å²) in [6.07, 6.45) is 0. The highest BCUT2D eigenvalue weighted by molar-refractivity contribution is 5.92. The van der Waals surface area contributed by atoms with Gasteiger partial charge in [-0.3, -0.25) is 9.59 Å². The molecule has 2 aromatic carbocycles. The number of hydrogen-bond acceptors (Lipinski definition) is 4. The quantitative estimate of drug-likeness (QED) is 0.716. The van der Waals surface area contributed by atoms with Crippen LogP contribution in [0.25, 0.3) is 0 Å². The molecule has 0 aliphatic carbocycles. The van der Waals surface area contributed by atoms with Crippen molar-refractivity contribution in [3.63, 3.8) is 0 Å². The lowest BCUT2D eigenvalue weighted by Crippen LogP contribution is -2.29. The van der Waals surface area contributed by atoms with Gasteiger partial charge in [0.05, 0.1) is 18.2 Å². The highest BCUT2D eigenvalue weighted by Crippen LogP contribution is 2.11. The van der Waals surface area contributed by atoms with Gasteiger partial charge in [-0.2, -0.15) is 5.26 Å². The molecular weight excluding hydrogens is 328 g/mol. The topological polar surface area (TPSA) is 94.0 Å². The fourth-order valence-electron chi connectivity index (χ4n) is 2.10. The van der Waals surface area contributed by atoms with E-state index in [2.05, 4.69) is 16.0 Å². The van der Waals surface area contributed by atoms with Gasteiger partial charge < -0.3 is 16.0 Å². The molecule has 6 nitrogen and oxygen atoms in total. The van der Waals surface area contributed by atoms with Gasteiger partial charge >= 0.3 is 0 Å². The number of hydrogen-bond donors (Lipinski definition) is 3. The maximum Gasteiger partial charge on any atom is 0.239 e. The zero-order chi connectivity index (χ0) is 18.9. The molecule has 2 aromatic rings. The summed E-state index contributed by atoms with van der Waals surface area (Å²) < 4.78 is 0. The Balaban J connectivity index is 1.76. The van der Waals surface area contributed by atoms with E-state index in [4.69, 9.17) is 5.26 Å². The Morgan fingerprint density at radius 3 is 2.19 bits per heavy atom. The van der Waals surface area contributed by atoms with Crippen molar-refractivity contribution in [3.05, 3.63) is 59.7 Å². The van der Waals surface area contributed by atoms with Crippen LogP contribution in [0.5, 0.6) is 0 Å². The first-order valence-electron chi connectivity index (χ1n) is 8.38. The van der Waals surface area contributed by atoms with Crippen LogP contribution in [0, 0.1) is 17.2 Å². The molecule has 0 unspecified atom stereocenters. The number of benzene rings is 2. The van der Waals surface area contributed by atoms with Gasteiger partial charge in [0.15, 0.2) is 0 Å². The molecule has 0 aliphatic heterocycles. The van der Waals surface area contributed by atoms with Gasteiger partial charge in [-0.15, -0.1) is 0 Å². The summed E-state index contributed by atoms with van der Waals surface area (Å²) in [7, 11) is 0. The van der Waals surface area contributed by atoms with Crippen molar-refractivity contribution in [2.24, 2.45) is 5.92 Å². The summed E-state index contributed by atoms with van der Waals surface area (Å²) in [5.74, 6) is -0.232. The molecule has 6 heteroatoms. The largest absolute Gasteiger partial charge is 0.376 e. The average Bonchev–Trinajstić information content (AvgIpc) is 2.66. The van der Waals surface area contributed by atoms with Crippen molar-refractivity contribution in [2.45, 2.75) is 20.4 Å². The van der Waals surface area contributed by atoms with Crippen LogP contribution < -0.4 is 16.0 Å². The molecule has 2 amide bonds. The van der Waals surface area contributed by atoms with Crippen molar-refractivity contribution in [1.82, 2.24) is 5.32 Å². The molecule has 0 saturated heterocycles. The lowest BCUT2D eigenvalue weighted by atomic mass is 10.1. The Hall–Kier alpha value is -3.33. The second kappa shape index (κ2) is 9.23. The molecule has 0 saturated carbocycles. The van der Waals surface area contributed by atoms with Gasteiger partial charge in [0.25, 0.3) is 0 Å². The normalized spacial score (nSPS) is 10.1. The summed E-state index contributed by atoms with van der Waals surface area (Å²) >= 11 is 0. The fraction of sp³-hybridized carbons (Fsp3) is 0.250. The van der Waals surface area contributed by atoms with Gasteiger partial charge in [0, 0.05) is 23.8 Å². The second-order valence-corrected chi connectivity index (χ2v) is 6.16. The molecule has 0 heterocycles. The van der Waals surface area contributed by atoms with Crippen LogP contribution in [0.2, 0.25) is 0 Å². The summed E-state index contributed by atoms with van der Waals surface area (Å²) in [4.78, 5) is 23.6. The predicted molar refractivity (Wildman–Crippen MR) is 101 cm³/mol. The first-order valence-corrected chi connectivity index (χ1v) is 8.38. The number of nitrogens with zero attached hydrogens (tertiary/aromatic N) is 1. The van der Waals surface area contributed by atoms with Crippen LogP contribution in [0.4, 0.5) is 11.4 Å². The first kappa shape index (κ1) is 19.0. The van der Waals surface area contributed by atoms with Crippen LogP contribution in [-0.2, 0) is 16.1 Å². The minimum Gasteiger partial charge on any atom is -0.376 e. The zero-order valence-corrected chi connectivity index (χ0v) is 14.9. The molecule has 0 aromatic heterocycles. The summed E-state index contributed by atoms with van der Waals surface area (Å²) in [6, 6.07) is 16.3.